The van der Waals surface area contributed by atoms with Crippen molar-refractivity contribution in [2.45, 2.75) is 39.9 Å². The number of hydrogen-bond donors (Lipinski definition) is 2. The maximum absolute atomic E-state index is 13.4. The molecule has 33 heavy (non-hydrogen) atoms. The van der Waals surface area contributed by atoms with E-state index < -0.39 is 23.5 Å². The number of nitrogens with zero attached hydrogens (tertiary/aromatic N) is 3. The highest BCUT2D eigenvalue weighted by Crippen LogP contribution is 2.32. The highest BCUT2D eigenvalue weighted by atomic mass is 35.5. The second-order valence-electron chi connectivity index (χ2n) is 7.72. The number of nitrogens with one attached hydrogen (secondary N) is 1. The van der Waals surface area contributed by atoms with E-state index in [1.54, 1.807) is 38.1 Å². The number of para-hydroxylation sites is 1. The number of halogens is 1. The van der Waals surface area contributed by atoms with Crippen molar-refractivity contribution in [2.75, 3.05) is 18.0 Å². The predicted molar refractivity (Wildman–Crippen MR) is 127 cm³/mol. The first-order chi connectivity index (χ1) is 15.7. The molecule has 0 bridgehead atoms. The van der Waals surface area contributed by atoms with E-state index in [9.17, 15) is 14.7 Å². The largest absolute Gasteiger partial charge is 0.482 e. The first-order valence-corrected chi connectivity index (χ1v) is 11.1. The number of aromatic nitrogens is 3. The van der Waals surface area contributed by atoms with Gasteiger partial charge < -0.3 is 19.2 Å². The minimum absolute atomic E-state index is 0.205. The Morgan fingerprint density at radius 1 is 1.27 bits per heavy atom. The number of pyridine rings is 1. The van der Waals surface area contributed by atoms with Crippen LogP contribution < -0.4 is 21.0 Å². The summed E-state index contributed by atoms with van der Waals surface area (Å²) >= 11 is 6.35. The van der Waals surface area contributed by atoms with Gasteiger partial charge in [-0.05, 0) is 45.9 Å². The van der Waals surface area contributed by atoms with Crippen molar-refractivity contribution >= 4 is 34.2 Å². The van der Waals surface area contributed by atoms with Crippen LogP contribution in [0.3, 0.4) is 0 Å². The minimum Gasteiger partial charge on any atom is -0.482 e. The Bertz CT molecular complexity index is 1430. The second-order valence-corrected chi connectivity index (χ2v) is 8.15. The fourth-order valence-electron chi connectivity index (χ4n) is 3.96. The lowest BCUT2D eigenvalue weighted by Crippen LogP contribution is -2.31. The molecule has 0 fully saturated rings. The lowest BCUT2D eigenvalue weighted by Gasteiger charge is -2.25. The molecule has 3 heterocycles. The summed E-state index contributed by atoms with van der Waals surface area (Å²) in [7, 11) is 0. The van der Waals surface area contributed by atoms with Gasteiger partial charge in [-0.2, -0.15) is 0 Å². The third kappa shape index (κ3) is 4.09. The van der Waals surface area contributed by atoms with Crippen LogP contribution in [-0.4, -0.2) is 32.6 Å². The van der Waals surface area contributed by atoms with Crippen molar-refractivity contribution < 1.29 is 14.3 Å². The summed E-state index contributed by atoms with van der Waals surface area (Å²) in [5, 5.41) is 10.7. The zero-order valence-electron chi connectivity index (χ0n) is 18.8. The maximum Gasteiger partial charge on any atom is 0.417 e. The molecule has 4 rings (SSSR count). The smallest absolute Gasteiger partial charge is 0.417 e. The van der Waals surface area contributed by atoms with E-state index in [1.165, 1.54) is 10.6 Å². The maximum atomic E-state index is 13.4. The summed E-state index contributed by atoms with van der Waals surface area (Å²) < 4.78 is 12.7. The van der Waals surface area contributed by atoms with Crippen molar-refractivity contribution in [3.63, 3.8) is 0 Å². The van der Waals surface area contributed by atoms with Gasteiger partial charge in [-0.25, -0.2) is 9.78 Å². The SMILES string of the molecule is CCN(CC)c1nc2c(C(C)Oc3cccc4[nH]c(=O)oc34)cc(Cl)cn2c(=O)c1C(C)O. The van der Waals surface area contributed by atoms with Crippen molar-refractivity contribution in [2.24, 2.45) is 0 Å². The Morgan fingerprint density at radius 2 is 2.00 bits per heavy atom. The van der Waals surface area contributed by atoms with Gasteiger partial charge in [0.1, 0.15) is 17.6 Å². The first kappa shape index (κ1) is 22.9. The van der Waals surface area contributed by atoms with Crippen molar-refractivity contribution in [1.29, 1.82) is 0 Å². The number of oxazole rings is 1. The zero-order chi connectivity index (χ0) is 23.9. The number of ether oxygens (including phenoxy) is 1. The van der Waals surface area contributed by atoms with Crippen LogP contribution in [-0.2, 0) is 0 Å². The van der Waals surface area contributed by atoms with Gasteiger partial charge in [-0.1, -0.05) is 17.7 Å². The summed E-state index contributed by atoms with van der Waals surface area (Å²) in [6, 6.07) is 6.83. The molecule has 0 aliphatic rings. The van der Waals surface area contributed by atoms with Gasteiger partial charge in [-0.3, -0.25) is 14.2 Å². The van der Waals surface area contributed by atoms with Gasteiger partial charge in [-0.15, -0.1) is 0 Å². The number of aliphatic hydroxyl groups excluding tert-OH is 1. The van der Waals surface area contributed by atoms with Crippen molar-refractivity contribution in [1.82, 2.24) is 14.4 Å². The molecule has 174 valence electrons. The summed E-state index contributed by atoms with van der Waals surface area (Å²) in [6.07, 6.45) is -0.132. The topological polar surface area (TPSA) is 113 Å². The molecular formula is C23H25ClN4O5. The Hall–Kier alpha value is -3.30. The highest BCUT2D eigenvalue weighted by Gasteiger charge is 2.24. The lowest BCUT2D eigenvalue weighted by atomic mass is 10.1. The molecule has 0 aliphatic heterocycles. The van der Waals surface area contributed by atoms with Gasteiger partial charge >= 0.3 is 5.76 Å². The molecule has 2 N–H and O–H groups in total. The highest BCUT2D eigenvalue weighted by molar-refractivity contribution is 6.30. The standard InChI is InChI=1S/C23H25ClN4O5/c1-5-27(6-2)21-18(12(3)29)22(30)28-11-14(24)10-15(20(28)26-21)13(4)32-17-9-7-8-16-19(17)33-23(31)25-16/h7-13,29H,5-6H2,1-4H3,(H,25,31). The van der Waals surface area contributed by atoms with Crippen LogP contribution in [0.25, 0.3) is 16.7 Å². The fourth-order valence-corrected chi connectivity index (χ4v) is 4.17. The van der Waals surface area contributed by atoms with E-state index in [0.717, 1.165) is 0 Å². The molecule has 0 spiro atoms. The van der Waals surface area contributed by atoms with E-state index >= 15 is 0 Å². The molecule has 0 saturated carbocycles. The number of hydrogen-bond acceptors (Lipinski definition) is 7. The Labute approximate surface area is 194 Å². The zero-order valence-corrected chi connectivity index (χ0v) is 19.5. The quantitative estimate of drug-likeness (QED) is 0.420. The first-order valence-electron chi connectivity index (χ1n) is 10.7. The molecule has 0 saturated heterocycles. The number of benzene rings is 1. The molecule has 2 unspecified atom stereocenters. The molecule has 10 heteroatoms. The number of aromatic amines is 1. The molecule has 1 aromatic carbocycles. The van der Waals surface area contributed by atoms with Crippen LogP contribution in [0.2, 0.25) is 5.02 Å². The number of rotatable bonds is 7. The second kappa shape index (κ2) is 8.92. The van der Waals surface area contributed by atoms with Crippen molar-refractivity contribution in [3.8, 4) is 5.75 Å². The van der Waals surface area contributed by atoms with Gasteiger partial charge in [0.25, 0.3) is 5.56 Å². The van der Waals surface area contributed by atoms with E-state index in [1.807, 2.05) is 18.7 Å². The van der Waals surface area contributed by atoms with Crippen LogP contribution in [0.1, 0.15) is 51.0 Å². The Morgan fingerprint density at radius 3 is 2.67 bits per heavy atom. The van der Waals surface area contributed by atoms with Gasteiger partial charge in [0.15, 0.2) is 11.3 Å². The predicted octanol–water partition coefficient (Wildman–Crippen LogP) is 3.82. The number of H-pyrrole nitrogens is 1. The average Bonchev–Trinajstić information content (AvgIpc) is 3.15. The molecule has 0 aliphatic carbocycles. The molecule has 3 aromatic heterocycles. The van der Waals surface area contributed by atoms with Crippen LogP contribution in [0.15, 0.2) is 44.5 Å². The van der Waals surface area contributed by atoms with Gasteiger partial charge in [0.05, 0.1) is 22.2 Å². The Balaban J connectivity index is 1.91. The molecule has 2 atom stereocenters. The van der Waals surface area contributed by atoms with Gasteiger partial charge in [0.2, 0.25) is 0 Å². The number of fused-ring (bicyclic) bond motifs is 2. The van der Waals surface area contributed by atoms with Crippen LogP contribution >= 0.6 is 11.6 Å². The normalized spacial score (nSPS) is 13.4. The van der Waals surface area contributed by atoms with Crippen LogP contribution in [0.4, 0.5) is 5.82 Å². The van der Waals surface area contributed by atoms with E-state index in [0.29, 0.717) is 52.0 Å². The fraction of sp³-hybridized carbons (Fsp3) is 0.348. The lowest BCUT2D eigenvalue weighted by molar-refractivity contribution is 0.197. The third-order valence-corrected chi connectivity index (χ3v) is 5.77. The minimum atomic E-state index is -1.01. The van der Waals surface area contributed by atoms with E-state index in [-0.39, 0.29) is 5.56 Å². The molecule has 0 amide bonds. The van der Waals surface area contributed by atoms with Gasteiger partial charge in [0, 0.05) is 24.8 Å². The molecular weight excluding hydrogens is 448 g/mol. The van der Waals surface area contributed by atoms with Crippen molar-refractivity contribution in [3.05, 3.63) is 67.5 Å². The Kier molecular flexibility index (Phi) is 6.18. The molecule has 9 nitrogen and oxygen atoms in total. The number of anilines is 1. The molecule has 4 aromatic rings. The van der Waals surface area contributed by atoms with E-state index in [4.69, 9.17) is 25.7 Å². The van der Waals surface area contributed by atoms with E-state index in [2.05, 4.69) is 4.98 Å². The third-order valence-electron chi connectivity index (χ3n) is 5.57. The summed E-state index contributed by atoms with van der Waals surface area (Å²) in [5.41, 5.74) is 1.56. The van der Waals surface area contributed by atoms with Crippen LogP contribution in [0, 0.1) is 0 Å². The van der Waals surface area contributed by atoms with Crippen LogP contribution in [0.5, 0.6) is 5.75 Å². The molecule has 0 radical (unpaired) electrons. The summed E-state index contributed by atoms with van der Waals surface area (Å²) in [5.74, 6) is 0.211. The summed E-state index contributed by atoms with van der Waals surface area (Å²) in [4.78, 5) is 34.3. The number of aliphatic hydroxyl groups is 1. The average molecular weight is 473 g/mol. The monoisotopic (exact) mass is 472 g/mol. The summed E-state index contributed by atoms with van der Waals surface area (Å²) in [6.45, 7) is 8.48.